The molecule has 0 unspecified atom stereocenters. The Balaban J connectivity index is 1.61. The molecule has 3 aromatic rings. The van der Waals surface area contributed by atoms with Gasteiger partial charge < -0.3 is 16.0 Å². The van der Waals surface area contributed by atoms with Crippen molar-refractivity contribution in [1.82, 2.24) is 9.97 Å². The van der Waals surface area contributed by atoms with Crippen LogP contribution in [0.5, 0.6) is 0 Å². The normalized spacial score (nSPS) is 10.4. The van der Waals surface area contributed by atoms with E-state index in [9.17, 15) is 4.79 Å². The number of benzene rings is 2. The second-order valence-electron chi connectivity index (χ2n) is 6.38. The van der Waals surface area contributed by atoms with Gasteiger partial charge in [-0.05, 0) is 55.3 Å². The highest BCUT2D eigenvalue weighted by Gasteiger charge is 2.04. The molecule has 7 heteroatoms. The van der Waals surface area contributed by atoms with Crippen molar-refractivity contribution in [3.05, 3.63) is 71.0 Å². The van der Waals surface area contributed by atoms with Crippen LogP contribution in [0.1, 0.15) is 18.3 Å². The molecule has 0 aliphatic carbocycles. The van der Waals surface area contributed by atoms with Gasteiger partial charge in [0.25, 0.3) is 0 Å². The fraction of sp³-hybridized carbons (Fsp3) is 0.190. The van der Waals surface area contributed by atoms with Crippen LogP contribution in [0.3, 0.4) is 0 Å². The summed E-state index contributed by atoms with van der Waals surface area (Å²) in [5, 5.41) is 10.1. The van der Waals surface area contributed by atoms with Crippen LogP contribution in [0.2, 0.25) is 5.02 Å². The maximum Gasteiger partial charge on any atom is 0.221 e. The highest BCUT2D eigenvalue weighted by Crippen LogP contribution is 2.20. The summed E-state index contributed by atoms with van der Waals surface area (Å²) < 4.78 is 0. The Kier molecular flexibility index (Phi) is 6.45. The van der Waals surface area contributed by atoms with Crippen molar-refractivity contribution in [2.75, 3.05) is 22.5 Å². The summed E-state index contributed by atoms with van der Waals surface area (Å²) in [5.74, 6) is 2.03. The van der Waals surface area contributed by atoms with Gasteiger partial charge in [0.05, 0.1) is 0 Å². The number of rotatable bonds is 7. The fourth-order valence-electron chi connectivity index (χ4n) is 2.74. The van der Waals surface area contributed by atoms with Crippen LogP contribution in [0, 0.1) is 6.92 Å². The second kappa shape index (κ2) is 9.19. The predicted molar refractivity (Wildman–Crippen MR) is 114 cm³/mol. The average Bonchev–Trinajstić information content (AvgIpc) is 2.63. The highest BCUT2D eigenvalue weighted by atomic mass is 35.5. The summed E-state index contributed by atoms with van der Waals surface area (Å²) in [6.07, 6.45) is 0.844. The first-order valence-electron chi connectivity index (χ1n) is 8.96. The molecule has 0 atom stereocenters. The first-order valence-corrected chi connectivity index (χ1v) is 9.34. The van der Waals surface area contributed by atoms with Crippen molar-refractivity contribution in [2.24, 2.45) is 0 Å². The molecule has 0 spiro atoms. The van der Waals surface area contributed by atoms with Crippen LogP contribution >= 0.6 is 11.6 Å². The molecule has 144 valence electrons. The standard InChI is InChI=1S/C21H22ClN5O/c1-14-24-20(23-11-10-16-4-3-5-17(22)12-16)13-21(25-14)27-19-8-6-18(7-9-19)26-15(2)28/h3-9,12-13H,10-11H2,1-2H3,(H,26,28)(H2,23,24,25,27). The Morgan fingerprint density at radius 2 is 1.71 bits per heavy atom. The molecule has 3 N–H and O–H groups in total. The summed E-state index contributed by atoms with van der Waals surface area (Å²) in [4.78, 5) is 20.0. The summed E-state index contributed by atoms with van der Waals surface area (Å²) in [7, 11) is 0. The summed E-state index contributed by atoms with van der Waals surface area (Å²) in [6.45, 7) is 4.08. The number of nitrogens with zero attached hydrogens (tertiary/aromatic N) is 2. The third-order valence-corrected chi connectivity index (χ3v) is 4.16. The quantitative estimate of drug-likeness (QED) is 0.535. The third-order valence-electron chi connectivity index (χ3n) is 3.92. The summed E-state index contributed by atoms with van der Waals surface area (Å²) >= 11 is 6.02. The molecule has 0 aliphatic rings. The number of aromatic nitrogens is 2. The van der Waals surface area contributed by atoms with E-state index in [1.165, 1.54) is 12.5 Å². The van der Waals surface area contributed by atoms with Crippen molar-refractivity contribution in [2.45, 2.75) is 20.3 Å². The molecule has 0 saturated heterocycles. The average molecular weight is 396 g/mol. The molecule has 1 amide bonds. The predicted octanol–water partition coefficient (Wildman–Crippen LogP) is 4.80. The third kappa shape index (κ3) is 5.96. The maximum atomic E-state index is 11.1. The fourth-order valence-corrected chi connectivity index (χ4v) is 2.95. The van der Waals surface area contributed by atoms with Gasteiger partial charge in [0.15, 0.2) is 0 Å². The lowest BCUT2D eigenvalue weighted by atomic mass is 10.1. The van der Waals surface area contributed by atoms with Crippen molar-refractivity contribution < 1.29 is 4.79 Å². The van der Waals surface area contributed by atoms with E-state index in [-0.39, 0.29) is 5.91 Å². The molecular weight excluding hydrogens is 374 g/mol. The number of amides is 1. The smallest absolute Gasteiger partial charge is 0.221 e. The number of aryl methyl sites for hydroxylation is 1. The first kappa shape index (κ1) is 19.6. The summed E-state index contributed by atoms with van der Waals surface area (Å²) in [5.41, 5.74) is 2.79. The van der Waals surface area contributed by atoms with Gasteiger partial charge in [-0.2, -0.15) is 0 Å². The van der Waals surface area contributed by atoms with E-state index in [0.717, 1.165) is 35.2 Å². The molecule has 0 aliphatic heterocycles. The lowest BCUT2D eigenvalue weighted by molar-refractivity contribution is -0.114. The number of anilines is 4. The molecule has 0 radical (unpaired) electrons. The number of halogens is 1. The van der Waals surface area contributed by atoms with Gasteiger partial charge in [0.1, 0.15) is 17.5 Å². The molecule has 1 heterocycles. The van der Waals surface area contributed by atoms with Crippen LogP contribution in [-0.4, -0.2) is 22.4 Å². The number of carbonyl (C=O) groups is 1. The zero-order valence-electron chi connectivity index (χ0n) is 15.8. The Morgan fingerprint density at radius 3 is 2.43 bits per heavy atom. The van der Waals surface area contributed by atoms with Crippen molar-refractivity contribution in [3.63, 3.8) is 0 Å². The van der Waals surface area contributed by atoms with Gasteiger partial charge in [-0.15, -0.1) is 0 Å². The SMILES string of the molecule is CC(=O)Nc1ccc(Nc2cc(NCCc3cccc(Cl)c3)nc(C)n2)cc1. The van der Waals surface area contributed by atoms with Crippen LogP contribution in [0.4, 0.5) is 23.0 Å². The van der Waals surface area contributed by atoms with E-state index >= 15 is 0 Å². The molecule has 28 heavy (non-hydrogen) atoms. The van der Waals surface area contributed by atoms with Crippen LogP contribution < -0.4 is 16.0 Å². The Bertz CT molecular complexity index is 959. The molecule has 3 rings (SSSR count). The molecule has 1 aromatic heterocycles. The first-order chi connectivity index (χ1) is 13.5. The van der Waals surface area contributed by atoms with Gasteiger partial charge in [0.2, 0.25) is 5.91 Å². The van der Waals surface area contributed by atoms with E-state index in [4.69, 9.17) is 11.6 Å². The monoisotopic (exact) mass is 395 g/mol. The van der Waals surface area contributed by atoms with E-state index in [2.05, 4.69) is 32.0 Å². The van der Waals surface area contributed by atoms with Gasteiger partial charge in [-0.3, -0.25) is 4.79 Å². The molecule has 6 nitrogen and oxygen atoms in total. The molecular formula is C21H22ClN5O. The van der Waals surface area contributed by atoms with Gasteiger partial charge in [0, 0.05) is 35.9 Å². The van der Waals surface area contributed by atoms with Crippen molar-refractivity contribution in [3.8, 4) is 0 Å². The van der Waals surface area contributed by atoms with Gasteiger partial charge >= 0.3 is 0 Å². The number of hydrogen-bond acceptors (Lipinski definition) is 5. The summed E-state index contributed by atoms with van der Waals surface area (Å²) in [6, 6.07) is 17.1. The Labute approximate surface area is 169 Å². The van der Waals surface area contributed by atoms with E-state index in [1.807, 2.05) is 55.5 Å². The number of hydrogen-bond donors (Lipinski definition) is 3. The van der Waals surface area contributed by atoms with Crippen LogP contribution in [0.15, 0.2) is 54.6 Å². The van der Waals surface area contributed by atoms with Crippen molar-refractivity contribution >= 4 is 40.5 Å². The molecule has 0 fully saturated rings. The lowest BCUT2D eigenvalue weighted by Gasteiger charge is -2.11. The van der Waals surface area contributed by atoms with Gasteiger partial charge in [-0.25, -0.2) is 9.97 Å². The van der Waals surface area contributed by atoms with E-state index in [0.29, 0.717) is 11.6 Å². The zero-order valence-corrected chi connectivity index (χ0v) is 16.5. The van der Waals surface area contributed by atoms with Crippen LogP contribution in [0.25, 0.3) is 0 Å². The highest BCUT2D eigenvalue weighted by molar-refractivity contribution is 6.30. The maximum absolute atomic E-state index is 11.1. The minimum atomic E-state index is -0.0966. The molecule has 0 bridgehead atoms. The number of carbonyl (C=O) groups excluding carboxylic acids is 1. The van der Waals surface area contributed by atoms with Crippen LogP contribution in [-0.2, 0) is 11.2 Å². The second-order valence-corrected chi connectivity index (χ2v) is 6.81. The van der Waals surface area contributed by atoms with E-state index < -0.39 is 0 Å². The lowest BCUT2D eigenvalue weighted by Crippen LogP contribution is -2.08. The molecule has 0 saturated carbocycles. The molecule has 2 aromatic carbocycles. The Hall–Kier alpha value is -3.12. The minimum absolute atomic E-state index is 0.0966. The van der Waals surface area contributed by atoms with Crippen molar-refractivity contribution in [1.29, 1.82) is 0 Å². The Morgan fingerprint density at radius 1 is 1.00 bits per heavy atom. The number of nitrogens with one attached hydrogen (secondary N) is 3. The largest absolute Gasteiger partial charge is 0.370 e. The van der Waals surface area contributed by atoms with E-state index in [1.54, 1.807) is 0 Å². The minimum Gasteiger partial charge on any atom is -0.370 e. The topological polar surface area (TPSA) is 78.9 Å². The zero-order chi connectivity index (χ0) is 19.9. The van der Waals surface area contributed by atoms with Gasteiger partial charge in [-0.1, -0.05) is 23.7 Å².